The molecule has 1 fully saturated rings. The van der Waals surface area contributed by atoms with Crippen LogP contribution in [0.15, 0.2) is 41.7 Å². The molecular formula is C21H16ClF3N4O4S. The van der Waals surface area contributed by atoms with Gasteiger partial charge >= 0.3 is 0 Å². The fourth-order valence-corrected chi connectivity index (χ4v) is 4.95. The molecule has 1 aliphatic rings. The molecule has 2 aromatic heterocycles. The molecule has 1 aromatic carbocycles. The number of hydrogen-bond acceptors (Lipinski definition) is 8. The van der Waals surface area contributed by atoms with E-state index in [2.05, 4.69) is 10.1 Å². The molecule has 13 heteroatoms. The number of thioether (sulfide) groups is 1. The Morgan fingerprint density at radius 1 is 1.12 bits per heavy atom. The molecule has 0 amide bonds. The van der Waals surface area contributed by atoms with Gasteiger partial charge in [0, 0.05) is 22.9 Å². The van der Waals surface area contributed by atoms with Crippen molar-refractivity contribution in [2.45, 2.75) is 34.7 Å². The first-order chi connectivity index (χ1) is 16.2. The predicted octanol–water partition coefficient (Wildman–Crippen LogP) is 2.66. The largest absolute Gasteiger partial charge is 0.394 e. The number of rotatable bonds is 5. The van der Waals surface area contributed by atoms with E-state index in [1.54, 1.807) is 0 Å². The van der Waals surface area contributed by atoms with Gasteiger partial charge in [-0.1, -0.05) is 23.4 Å². The Balaban J connectivity index is 1.66. The van der Waals surface area contributed by atoms with Crippen molar-refractivity contribution in [1.82, 2.24) is 14.8 Å². The Bertz CT molecular complexity index is 1230. The SMILES string of the molecule is N#Cc1ncc(Cl)cc1S[C@H]1O[C@H](CO)[C@H](O)[C@H](n2cc(-c3cc(F)c(F)c(F)c3)cn2)[C@H]1O. The quantitative estimate of drug-likeness (QED) is 0.446. The summed E-state index contributed by atoms with van der Waals surface area (Å²) in [5.41, 5.74) is -0.854. The second-order valence-corrected chi connectivity index (χ2v) is 8.97. The highest BCUT2D eigenvalue weighted by molar-refractivity contribution is 7.99. The summed E-state index contributed by atoms with van der Waals surface area (Å²) in [7, 11) is 0. The van der Waals surface area contributed by atoms with Crippen LogP contribution in [-0.4, -0.2) is 60.4 Å². The van der Waals surface area contributed by atoms with Crippen molar-refractivity contribution in [1.29, 1.82) is 5.26 Å². The number of pyridine rings is 1. The fourth-order valence-electron chi connectivity index (χ4n) is 3.57. The van der Waals surface area contributed by atoms with Crippen molar-refractivity contribution in [3.63, 3.8) is 0 Å². The van der Waals surface area contributed by atoms with E-state index in [1.807, 2.05) is 6.07 Å². The predicted molar refractivity (Wildman–Crippen MR) is 114 cm³/mol. The first-order valence-corrected chi connectivity index (χ1v) is 11.0. The number of ether oxygens (including phenoxy) is 1. The van der Waals surface area contributed by atoms with Gasteiger partial charge in [0.05, 0.1) is 17.8 Å². The molecule has 1 saturated heterocycles. The third-order valence-electron chi connectivity index (χ3n) is 5.24. The molecule has 178 valence electrons. The standard InChI is InChI=1S/C21H16ClF3N4O4S/c22-11-3-16(14(4-26)27-6-11)34-21-20(32)18(19(31)15(8-30)33-21)29-7-10(5-28-29)9-1-12(23)17(25)13(24)2-9/h1-3,5-7,15,18-21,30-32H,8H2/t15-,18+,19+,20-,21-/m1/s1. The van der Waals surface area contributed by atoms with Gasteiger partial charge in [-0.3, -0.25) is 4.68 Å². The van der Waals surface area contributed by atoms with E-state index in [9.17, 15) is 33.8 Å². The Morgan fingerprint density at radius 3 is 2.47 bits per heavy atom. The molecule has 4 rings (SSSR count). The highest BCUT2D eigenvalue weighted by Gasteiger charge is 2.46. The molecule has 3 N–H and O–H groups in total. The molecule has 0 bridgehead atoms. The van der Waals surface area contributed by atoms with Gasteiger partial charge < -0.3 is 20.1 Å². The van der Waals surface area contributed by atoms with E-state index in [0.717, 1.165) is 23.9 Å². The summed E-state index contributed by atoms with van der Waals surface area (Å²) in [6.45, 7) is -0.594. The average Bonchev–Trinajstić information content (AvgIpc) is 3.29. The molecule has 1 aliphatic heterocycles. The second kappa shape index (κ2) is 9.91. The molecule has 0 unspecified atom stereocenters. The monoisotopic (exact) mass is 512 g/mol. The van der Waals surface area contributed by atoms with Crippen LogP contribution in [0.25, 0.3) is 11.1 Å². The maximum atomic E-state index is 13.7. The van der Waals surface area contributed by atoms with Crippen LogP contribution in [-0.2, 0) is 4.74 Å². The van der Waals surface area contributed by atoms with Crippen molar-refractivity contribution in [2.24, 2.45) is 0 Å². The zero-order chi connectivity index (χ0) is 24.6. The van der Waals surface area contributed by atoms with Gasteiger partial charge in [-0.05, 0) is 23.8 Å². The Morgan fingerprint density at radius 2 is 1.82 bits per heavy atom. The first-order valence-electron chi connectivity index (χ1n) is 9.77. The van der Waals surface area contributed by atoms with E-state index in [4.69, 9.17) is 16.3 Å². The minimum Gasteiger partial charge on any atom is -0.394 e. The minimum absolute atomic E-state index is 0.00742. The van der Waals surface area contributed by atoms with Crippen molar-refractivity contribution >= 4 is 23.4 Å². The third-order valence-corrected chi connectivity index (χ3v) is 6.64. The second-order valence-electron chi connectivity index (χ2n) is 7.39. The summed E-state index contributed by atoms with van der Waals surface area (Å²) in [4.78, 5) is 4.23. The van der Waals surface area contributed by atoms with Gasteiger partial charge in [0.2, 0.25) is 0 Å². The van der Waals surface area contributed by atoms with Gasteiger partial charge in [-0.25, -0.2) is 18.2 Å². The maximum Gasteiger partial charge on any atom is 0.194 e. The van der Waals surface area contributed by atoms with Crippen LogP contribution in [0.1, 0.15) is 11.7 Å². The zero-order valence-corrected chi connectivity index (χ0v) is 18.6. The summed E-state index contributed by atoms with van der Waals surface area (Å²) < 4.78 is 47.4. The molecule has 0 spiro atoms. The molecule has 0 aliphatic carbocycles. The Labute approximate surface area is 200 Å². The maximum absolute atomic E-state index is 13.7. The van der Waals surface area contributed by atoms with Crippen molar-refractivity contribution in [3.05, 3.63) is 65.0 Å². The topological polar surface area (TPSA) is 124 Å². The number of nitriles is 1. The number of hydrogen-bond donors (Lipinski definition) is 3. The molecule has 3 heterocycles. The summed E-state index contributed by atoms with van der Waals surface area (Å²) >= 11 is 6.89. The van der Waals surface area contributed by atoms with Gasteiger partial charge in [0.1, 0.15) is 35.9 Å². The number of nitrogens with zero attached hydrogens (tertiary/aromatic N) is 4. The Kier molecular flexibility index (Phi) is 7.13. The first kappa shape index (κ1) is 24.5. The van der Waals surface area contributed by atoms with E-state index >= 15 is 0 Å². The lowest BCUT2D eigenvalue weighted by molar-refractivity contribution is -0.178. The molecule has 5 atom stereocenters. The van der Waals surface area contributed by atoms with Gasteiger partial charge in [0.25, 0.3) is 0 Å². The average molecular weight is 513 g/mol. The molecule has 8 nitrogen and oxygen atoms in total. The Hall–Kier alpha value is -2.66. The van der Waals surface area contributed by atoms with Crippen molar-refractivity contribution in [3.8, 4) is 17.2 Å². The highest BCUT2D eigenvalue weighted by Crippen LogP contribution is 2.39. The van der Waals surface area contributed by atoms with E-state index in [0.29, 0.717) is 4.90 Å². The fraction of sp³-hybridized carbons (Fsp3) is 0.286. The van der Waals surface area contributed by atoms with Gasteiger partial charge in [-0.15, -0.1) is 0 Å². The van der Waals surface area contributed by atoms with Crippen LogP contribution in [0.2, 0.25) is 5.02 Å². The number of benzene rings is 1. The van der Waals surface area contributed by atoms with Crippen LogP contribution in [0.3, 0.4) is 0 Å². The lowest BCUT2D eigenvalue weighted by Crippen LogP contribution is -2.55. The summed E-state index contributed by atoms with van der Waals surface area (Å²) in [5, 5.41) is 45.1. The number of aromatic nitrogens is 3. The molecule has 34 heavy (non-hydrogen) atoms. The van der Waals surface area contributed by atoms with Gasteiger partial charge in [0.15, 0.2) is 23.1 Å². The lowest BCUT2D eigenvalue weighted by atomic mass is 9.97. The summed E-state index contributed by atoms with van der Waals surface area (Å²) in [6.07, 6.45) is -0.130. The summed E-state index contributed by atoms with van der Waals surface area (Å²) in [6, 6.07) is 3.81. The molecule has 3 aromatic rings. The molecule has 0 saturated carbocycles. The highest BCUT2D eigenvalue weighted by atomic mass is 35.5. The van der Waals surface area contributed by atoms with Crippen LogP contribution in [0.5, 0.6) is 0 Å². The third kappa shape index (κ3) is 4.63. The normalized spacial score (nSPS) is 24.7. The number of halogens is 4. The van der Waals surface area contributed by atoms with Crippen LogP contribution >= 0.6 is 23.4 Å². The molecule has 0 radical (unpaired) electrons. The van der Waals surface area contributed by atoms with Crippen molar-refractivity contribution in [2.75, 3.05) is 6.61 Å². The van der Waals surface area contributed by atoms with Crippen LogP contribution in [0, 0.1) is 28.8 Å². The van der Waals surface area contributed by atoms with Crippen LogP contribution < -0.4 is 0 Å². The van der Waals surface area contributed by atoms with Gasteiger partial charge in [-0.2, -0.15) is 10.4 Å². The zero-order valence-electron chi connectivity index (χ0n) is 17.0. The van der Waals surface area contributed by atoms with Crippen LogP contribution in [0.4, 0.5) is 13.2 Å². The smallest absolute Gasteiger partial charge is 0.194 e. The van der Waals surface area contributed by atoms with E-state index < -0.39 is 53.8 Å². The lowest BCUT2D eigenvalue weighted by Gasteiger charge is -2.42. The number of aliphatic hydroxyl groups excluding tert-OH is 3. The van der Waals surface area contributed by atoms with Crippen molar-refractivity contribution < 1.29 is 33.2 Å². The van der Waals surface area contributed by atoms with E-state index in [-0.39, 0.29) is 21.8 Å². The minimum atomic E-state index is -1.61. The van der Waals surface area contributed by atoms with E-state index in [1.165, 1.54) is 29.3 Å². The molecular weight excluding hydrogens is 497 g/mol. The number of aliphatic hydroxyl groups is 3. The summed E-state index contributed by atoms with van der Waals surface area (Å²) in [5.74, 6) is -4.37.